The van der Waals surface area contributed by atoms with Crippen molar-refractivity contribution in [2.24, 2.45) is 11.8 Å². The summed E-state index contributed by atoms with van der Waals surface area (Å²) in [7, 11) is 0. The molecule has 0 bridgehead atoms. The third kappa shape index (κ3) is 2.51. The molecule has 0 unspecified atom stereocenters. The van der Waals surface area contributed by atoms with E-state index in [2.05, 4.69) is 0 Å². The maximum Gasteiger partial charge on any atom is 0.306 e. The van der Waals surface area contributed by atoms with Gasteiger partial charge < -0.3 is 10.2 Å². The van der Waals surface area contributed by atoms with Gasteiger partial charge in [0.25, 0.3) is 0 Å². The molecular formula is C12H20O3. The molecule has 3 nitrogen and oxygen atoms in total. The van der Waals surface area contributed by atoms with Gasteiger partial charge in [0.1, 0.15) is 0 Å². The van der Waals surface area contributed by atoms with E-state index in [0.29, 0.717) is 18.8 Å². The Kier molecular flexibility index (Phi) is 3.01. The normalized spacial score (nSPS) is 40.9. The average Bonchev–Trinajstić information content (AvgIpc) is 2.15. The van der Waals surface area contributed by atoms with Crippen molar-refractivity contribution in [1.82, 2.24) is 0 Å². The minimum atomic E-state index is -0.912. The van der Waals surface area contributed by atoms with E-state index in [1.54, 1.807) is 0 Å². The van der Waals surface area contributed by atoms with Gasteiger partial charge in [0.2, 0.25) is 0 Å². The largest absolute Gasteiger partial charge is 0.481 e. The molecule has 0 aromatic heterocycles. The maximum atomic E-state index is 10.7. The Morgan fingerprint density at radius 2 is 1.87 bits per heavy atom. The summed E-state index contributed by atoms with van der Waals surface area (Å²) >= 11 is 0. The highest BCUT2D eigenvalue weighted by molar-refractivity contribution is 5.68. The Hall–Kier alpha value is -0.570. The molecule has 2 saturated carbocycles. The first-order chi connectivity index (χ1) is 7.09. The zero-order chi connectivity index (χ0) is 10.9. The molecule has 2 N–H and O–H groups in total. The second-order valence-corrected chi connectivity index (χ2v) is 5.34. The summed E-state index contributed by atoms with van der Waals surface area (Å²) in [5.41, 5.74) is -0.912. The molecule has 0 heterocycles. The standard InChI is InChI=1S/C12H20O3/c13-11(14)8-12(15)6-5-9-3-1-2-4-10(9)7-12/h9-10,15H,1-8H2,(H,13,14)/t9-,10-,12+/m1/s1. The molecule has 0 aliphatic heterocycles. The fraction of sp³-hybridized carbons (Fsp3) is 0.917. The zero-order valence-electron chi connectivity index (χ0n) is 9.11. The van der Waals surface area contributed by atoms with Gasteiger partial charge in [-0.05, 0) is 31.1 Å². The van der Waals surface area contributed by atoms with E-state index >= 15 is 0 Å². The Morgan fingerprint density at radius 3 is 2.53 bits per heavy atom. The molecule has 3 heteroatoms. The predicted octanol–water partition coefficient (Wildman–Crippen LogP) is 2.18. The molecule has 15 heavy (non-hydrogen) atoms. The molecule has 0 amide bonds. The number of carbonyl (C=O) groups is 1. The van der Waals surface area contributed by atoms with Crippen LogP contribution >= 0.6 is 0 Å². The van der Waals surface area contributed by atoms with Crippen molar-refractivity contribution in [3.8, 4) is 0 Å². The van der Waals surface area contributed by atoms with E-state index in [-0.39, 0.29) is 6.42 Å². The summed E-state index contributed by atoms with van der Waals surface area (Å²) in [6.07, 6.45) is 7.39. The van der Waals surface area contributed by atoms with Crippen molar-refractivity contribution in [2.75, 3.05) is 0 Å². The van der Waals surface area contributed by atoms with Crippen molar-refractivity contribution in [2.45, 2.75) is 57.0 Å². The van der Waals surface area contributed by atoms with Gasteiger partial charge in [0, 0.05) is 0 Å². The number of fused-ring (bicyclic) bond motifs is 1. The van der Waals surface area contributed by atoms with Crippen molar-refractivity contribution in [1.29, 1.82) is 0 Å². The van der Waals surface area contributed by atoms with Gasteiger partial charge in [-0.2, -0.15) is 0 Å². The van der Waals surface area contributed by atoms with Crippen LogP contribution in [-0.2, 0) is 4.79 Å². The molecule has 2 aliphatic rings. The molecule has 0 aromatic carbocycles. The fourth-order valence-electron chi connectivity index (χ4n) is 3.42. The first-order valence-electron chi connectivity index (χ1n) is 6.03. The number of hydrogen-bond acceptors (Lipinski definition) is 2. The smallest absolute Gasteiger partial charge is 0.306 e. The Labute approximate surface area is 90.5 Å². The monoisotopic (exact) mass is 212 g/mol. The second kappa shape index (κ2) is 4.12. The SMILES string of the molecule is O=C(O)C[C@]1(O)CC[C@H]2CCCC[C@@H]2C1. The summed E-state index contributed by atoms with van der Waals surface area (Å²) in [6.45, 7) is 0. The van der Waals surface area contributed by atoms with Crippen LogP contribution in [0.2, 0.25) is 0 Å². The van der Waals surface area contributed by atoms with Crippen molar-refractivity contribution in [3.05, 3.63) is 0 Å². The van der Waals surface area contributed by atoms with Gasteiger partial charge in [-0.25, -0.2) is 0 Å². The average molecular weight is 212 g/mol. The molecule has 2 fully saturated rings. The summed E-state index contributed by atoms with van der Waals surface area (Å²) < 4.78 is 0. The first-order valence-corrected chi connectivity index (χ1v) is 6.03. The third-order valence-corrected chi connectivity index (χ3v) is 4.17. The summed E-state index contributed by atoms with van der Waals surface area (Å²) in [5, 5.41) is 19.0. The molecule has 2 aliphatic carbocycles. The number of carboxylic acid groups (broad SMARTS) is 1. The third-order valence-electron chi connectivity index (χ3n) is 4.17. The number of hydrogen-bond donors (Lipinski definition) is 2. The highest BCUT2D eigenvalue weighted by Gasteiger charge is 2.41. The van der Waals surface area contributed by atoms with Crippen LogP contribution in [0.5, 0.6) is 0 Å². The molecule has 86 valence electrons. The molecular weight excluding hydrogens is 192 g/mol. The topological polar surface area (TPSA) is 57.5 Å². The Bertz CT molecular complexity index is 251. The van der Waals surface area contributed by atoms with Crippen LogP contribution in [0.3, 0.4) is 0 Å². The van der Waals surface area contributed by atoms with Gasteiger partial charge in [0.15, 0.2) is 0 Å². The lowest BCUT2D eigenvalue weighted by Gasteiger charge is -2.43. The molecule has 0 spiro atoms. The Morgan fingerprint density at radius 1 is 1.20 bits per heavy atom. The van der Waals surface area contributed by atoms with Gasteiger partial charge >= 0.3 is 5.97 Å². The van der Waals surface area contributed by atoms with Gasteiger partial charge in [-0.3, -0.25) is 4.79 Å². The van der Waals surface area contributed by atoms with Crippen molar-refractivity contribution < 1.29 is 15.0 Å². The highest BCUT2D eigenvalue weighted by atomic mass is 16.4. The van der Waals surface area contributed by atoms with Crippen molar-refractivity contribution >= 4 is 5.97 Å². The summed E-state index contributed by atoms with van der Waals surface area (Å²) in [6, 6.07) is 0. The zero-order valence-corrected chi connectivity index (χ0v) is 9.11. The van der Waals surface area contributed by atoms with Gasteiger partial charge in [0.05, 0.1) is 12.0 Å². The van der Waals surface area contributed by atoms with E-state index in [9.17, 15) is 9.90 Å². The molecule has 0 aromatic rings. The first kappa shape index (κ1) is 10.9. The van der Waals surface area contributed by atoms with Crippen LogP contribution in [0.25, 0.3) is 0 Å². The lowest BCUT2D eigenvalue weighted by Crippen LogP contribution is -2.41. The number of carboxylic acids is 1. The fourth-order valence-corrected chi connectivity index (χ4v) is 3.42. The van der Waals surface area contributed by atoms with Gasteiger partial charge in [-0.1, -0.05) is 25.7 Å². The van der Waals surface area contributed by atoms with Crippen LogP contribution in [-0.4, -0.2) is 21.8 Å². The summed E-state index contributed by atoms with van der Waals surface area (Å²) in [4.78, 5) is 10.7. The predicted molar refractivity (Wildman–Crippen MR) is 56.5 cm³/mol. The van der Waals surface area contributed by atoms with Crippen LogP contribution in [0.4, 0.5) is 0 Å². The molecule has 3 atom stereocenters. The highest BCUT2D eigenvalue weighted by Crippen LogP contribution is 2.45. The Balaban J connectivity index is 1.97. The lowest BCUT2D eigenvalue weighted by molar-refractivity contribution is -0.145. The number of rotatable bonds is 2. The van der Waals surface area contributed by atoms with E-state index in [4.69, 9.17) is 5.11 Å². The van der Waals surface area contributed by atoms with E-state index in [1.165, 1.54) is 25.7 Å². The van der Waals surface area contributed by atoms with E-state index in [1.807, 2.05) is 0 Å². The summed E-state index contributed by atoms with van der Waals surface area (Å²) in [5.74, 6) is 0.469. The lowest BCUT2D eigenvalue weighted by atomic mass is 9.65. The minimum absolute atomic E-state index is 0.0732. The van der Waals surface area contributed by atoms with Crippen LogP contribution < -0.4 is 0 Å². The molecule has 2 rings (SSSR count). The van der Waals surface area contributed by atoms with Crippen molar-refractivity contribution in [3.63, 3.8) is 0 Å². The maximum absolute atomic E-state index is 10.7. The van der Waals surface area contributed by atoms with Crippen LogP contribution in [0, 0.1) is 11.8 Å². The molecule has 0 saturated heterocycles. The van der Waals surface area contributed by atoms with Gasteiger partial charge in [-0.15, -0.1) is 0 Å². The number of aliphatic hydroxyl groups is 1. The van der Waals surface area contributed by atoms with Crippen LogP contribution in [0.15, 0.2) is 0 Å². The minimum Gasteiger partial charge on any atom is -0.481 e. The van der Waals surface area contributed by atoms with E-state index < -0.39 is 11.6 Å². The number of aliphatic carboxylic acids is 1. The van der Waals surface area contributed by atoms with Crippen LogP contribution in [0.1, 0.15) is 51.4 Å². The molecule has 0 radical (unpaired) electrons. The van der Waals surface area contributed by atoms with E-state index in [0.717, 1.165) is 12.3 Å². The quantitative estimate of drug-likeness (QED) is 0.737. The second-order valence-electron chi connectivity index (χ2n) is 5.34.